The number of rotatable bonds is 0. The standard InChI is InChI=1S/C11H8NO4.Na.H2O/c1-5-3-7-8(4-6(5)2)11(14)9(10(7)13)12(15)16;;/h3-4H,1-2H3;;1H2/q-1;+1;. The molecule has 2 N–H and O–H groups in total. The molecule has 90 valence electrons. The van der Waals surface area contributed by atoms with Crippen molar-refractivity contribution in [3.8, 4) is 0 Å². The van der Waals surface area contributed by atoms with E-state index in [1.54, 1.807) is 13.8 Å². The van der Waals surface area contributed by atoms with E-state index in [1.807, 2.05) is 0 Å². The summed E-state index contributed by atoms with van der Waals surface area (Å²) in [5.74, 6) is 0. The van der Waals surface area contributed by atoms with Crippen molar-refractivity contribution in [3.63, 3.8) is 0 Å². The predicted octanol–water partition coefficient (Wildman–Crippen LogP) is -4.00. The van der Waals surface area contributed by atoms with Crippen molar-refractivity contribution >= 4 is 10.8 Å². The van der Waals surface area contributed by atoms with Gasteiger partial charge in [0, 0.05) is 10.8 Å². The summed E-state index contributed by atoms with van der Waals surface area (Å²) in [5.41, 5.74) is 0.107. The Bertz CT molecular complexity index is 683. The van der Waals surface area contributed by atoms with Crippen LogP contribution < -0.4 is 50.7 Å². The molecule has 0 heterocycles. The van der Waals surface area contributed by atoms with Crippen molar-refractivity contribution in [2.75, 3.05) is 0 Å². The van der Waals surface area contributed by atoms with Gasteiger partial charge in [-0.3, -0.25) is 9.59 Å². The fourth-order valence-corrected chi connectivity index (χ4v) is 1.72. The average Bonchev–Trinajstić information content (AvgIpc) is 2.41. The van der Waals surface area contributed by atoms with Crippen LogP contribution in [0.1, 0.15) is 11.1 Å². The third-order valence-corrected chi connectivity index (χ3v) is 2.74. The maximum absolute atomic E-state index is 11.6. The van der Waals surface area contributed by atoms with Crippen molar-refractivity contribution in [1.29, 1.82) is 0 Å². The largest absolute Gasteiger partial charge is 1.00 e. The van der Waals surface area contributed by atoms with E-state index in [0.717, 1.165) is 11.1 Å². The van der Waals surface area contributed by atoms with Gasteiger partial charge >= 0.3 is 34.9 Å². The van der Waals surface area contributed by atoms with Crippen LogP contribution in [0.25, 0.3) is 10.8 Å². The molecule has 0 fully saturated rings. The van der Waals surface area contributed by atoms with Crippen LogP contribution >= 0.6 is 0 Å². The van der Waals surface area contributed by atoms with E-state index in [4.69, 9.17) is 0 Å². The molecule has 2 aromatic carbocycles. The second kappa shape index (κ2) is 5.62. The minimum absolute atomic E-state index is 0. The zero-order valence-electron chi connectivity index (χ0n) is 10.2. The Morgan fingerprint density at radius 1 is 0.944 bits per heavy atom. The van der Waals surface area contributed by atoms with Crippen molar-refractivity contribution in [2.45, 2.75) is 13.8 Å². The smallest absolute Gasteiger partial charge is 0.612 e. The van der Waals surface area contributed by atoms with Gasteiger partial charge in [0.1, 0.15) is 0 Å². The third kappa shape index (κ3) is 2.32. The molecule has 0 aliphatic heterocycles. The minimum Gasteiger partial charge on any atom is -0.612 e. The van der Waals surface area contributed by atoms with E-state index in [2.05, 4.69) is 0 Å². The third-order valence-electron chi connectivity index (χ3n) is 2.74. The zero-order valence-corrected chi connectivity index (χ0v) is 12.2. The van der Waals surface area contributed by atoms with Crippen LogP contribution in [-0.4, -0.2) is 5.48 Å². The van der Waals surface area contributed by atoms with Crippen LogP contribution in [-0.2, 0) is 0 Å². The van der Waals surface area contributed by atoms with Gasteiger partial charge in [-0.05, 0) is 37.1 Å². The molecule has 2 rings (SSSR count). The molecule has 0 aliphatic carbocycles. The molecule has 0 spiro atoms. The monoisotopic (exact) mass is 259 g/mol. The van der Waals surface area contributed by atoms with E-state index in [1.165, 1.54) is 12.1 Å². The van der Waals surface area contributed by atoms with E-state index >= 15 is 0 Å². The Balaban J connectivity index is 0.00000144. The number of aryl methyl sites for hydroxylation is 2. The Morgan fingerprint density at radius 3 is 1.56 bits per heavy atom. The molecule has 7 heteroatoms. The molecule has 0 unspecified atom stereocenters. The zero-order chi connectivity index (χ0) is 12.0. The first-order chi connectivity index (χ1) is 7.43. The normalized spacial score (nSPS) is 9.67. The molecule has 0 aromatic heterocycles. The van der Waals surface area contributed by atoms with Crippen molar-refractivity contribution < 1.29 is 35.0 Å². The SMILES string of the molecule is Cc1cc2c(=O)c(=[N+]([O-])[O-])c(=O)c2cc1C.O.[Na+]. The molecular formula is C11H10NNaO5. The predicted molar refractivity (Wildman–Crippen MR) is 64.0 cm³/mol. The summed E-state index contributed by atoms with van der Waals surface area (Å²) < 4.78 is 0. The molecule has 0 amide bonds. The van der Waals surface area contributed by atoms with Gasteiger partial charge in [-0.25, -0.2) is 0 Å². The topological polar surface area (TPSA) is 115 Å². The quantitative estimate of drug-likeness (QED) is 0.354. The average molecular weight is 259 g/mol. The molecule has 0 aliphatic rings. The second-order valence-electron chi connectivity index (χ2n) is 3.75. The van der Waals surface area contributed by atoms with Crippen molar-refractivity contribution in [3.05, 3.63) is 59.5 Å². The van der Waals surface area contributed by atoms with E-state index in [9.17, 15) is 20.0 Å². The van der Waals surface area contributed by atoms with E-state index in [-0.39, 0.29) is 45.8 Å². The van der Waals surface area contributed by atoms with Crippen LogP contribution in [0.5, 0.6) is 0 Å². The van der Waals surface area contributed by atoms with Gasteiger partial charge in [-0.15, -0.1) is 0 Å². The number of hydrogen-bond donors (Lipinski definition) is 0. The summed E-state index contributed by atoms with van der Waals surface area (Å²) in [6, 6.07) is 3.06. The number of fused-ring (bicyclic) bond motifs is 1. The maximum Gasteiger partial charge on any atom is 1.00 e. The van der Waals surface area contributed by atoms with Gasteiger partial charge in [0.25, 0.3) is 10.9 Å². The van der Waals surface area contributed by atoms with Crippen LogP contribution in [0.3, 0.4) is 0 Å². The summed E-state index contributed by atoms with van der Waals surface area (Å²) in [6.45, 7) is 3.58. The molecule has 0 saturated carbocycles. The Hall–Kier alpha value is -1.21. The van der Waals surface area contributed by atoms with Crippen molar-refractivity contribution in [2.24, 2.45) is 0 Å². The summed E-state index contributed by atoms with van der Waals surface area (Å²) >= 11 is 0. The molecule has 2 aromatic rings. The summed E-state index contributed by atoms with van der Waals surface area (Å²) in [4.78, 5) is 22.3. The van der Waals surface area contributed by atoms with Crippen LogP contribution in [0, 0.1) is 24.3 Å². The first-order valence-electron chi connectivity index (χ1n) is 4.65. The molecule has 0 atom stereocenters. The fourth-order valence-electron chi connectivity index (χ4n) is 1.72. The van der Waals surface area contributed by atoms with Gasteiger partial charge in [-0.1, -0.05) is 0 Å². The van der Waals surface area contributed by atoms with Gasteiger partial charge < -0.3 is 15.9 Å². The fraction of sp³-hybridized carbons (Fsp3) is 0.182. The molecule has 18 heavy (non-hydrogen) atoms. The van der Waals surface area contributed by atoms with E-state index < -0.39 is 21.1 Å². The van der Waals surface area contributed by atoms with Gasteiger partial charge in [-0.2, -0.15) is 4.90 Å². The maximum atomic E-state index is 11.6. The summed E-state index contributed by atoms with van der Waals surface area (Å²) in [7, 11) is 0. The van der Waals surface area contributed by atoms with Crippen LogP contribution in [0.15, 0.2) is 21.7 Å². The number of benzene rings is 1. The second-order valence-corrected chi connectivity index (χ2v) is 3.75. The first-order valence-corrected chi connectivity index (χ1v) is 4.65. The molecule has 0 bridgehead atoms. The molecular weight excluding hydrogens is 249 g/mol. The Morgan fingerprint density at radius 2 is 1.28 bits per heavy atom. The minimum atomic E-state index is -0.907. The Kier molecular flexibility index (Phi) is 5.24. The van der Waals surface area contributed by atoms with Crippen molar-refractivity contribution in [1.82, 2.24) is 4.90 Å². The molecule has 0 radical (unpaired) electrons. The van der Waals surface area contributed by atoms with Gasteiger partial charge in [0.15, 0.2) is 0 Å². The number of hydrogen-bond acceptors (Lipinski definition) is 4. The molecule has 6 nitrogen and oxygen atoms in total. The van der Waals surface area contributed by atoms with Crippen LogP contribution in [0.4, 0.5) is 0 Å². The number of nitrogens with zero attached hydrogens (tertiary/aromatic N) is 1. The van der Waals surface area contributed by atoms with Gasteiger partial charge in [0.05, 0.1) is 0 Å². The molecule has 0 saturated heterocycles. The van der Waals surface area contributed by atoms with Crippen LogP contribution in [0.2, 0.25) is 0 Å². The summed E-state index contributed by atoms with van der Waals surface area (Å²) in [6.07, 6.45) is 0. The Labute approximate surface area is 124 Å². The summed E-state index contributed by atoms with van der Waals surface area (Å²) in [5, 5.41) is 20.6. The van der Waals surface area contributed by atoms with E-state index in [0.29, 0.717) is 0 Å². The van der Waals surface area contributed by atoms with Gasteiger partial charge in [0.2, 0.25) is 0 Å². The first kappa shape index (κ1) is 16.8.